The fourth-order valence-electron chi connectivity index (χ4n) is 4.43. The average molecular weight is 591 g/mol. The standard InChI is InChI=1S/C19H24N7O13P/c20-18-23-14-9(15(32)24-18)21-5-26(14)16-11(30)10(29)7(38-16)4-36-40(34,35)39-13-6(3-27)37-17(12(13)31)25-2-1-8(28)22-19(25)33/h1-2,5-7,10-13,16-17,27,29-31H,3-4H2,(H,34,35)(H,22,28,33)(H3,20,23,24,32)/t6-,7-,10-,11-,12-,13-,16-,17-/m1/s1/i31+2. The van der Waals surface area contributed by atoms with Crippen molar-refractivity contribution in [2.24, 2.45) is 0 Å². The van der Waals surface area contributed by atoms with Gasteiger partial charge in [-0.25, -0.2) is 14.3 Å². The number of aliphatic hydroxyl groups excluding tert-OH is 4. The van der Waals surface area contributed by atoms with E-state index < -0.39 is 86.9 Å². The molecule has 0 aromatic carbocycles. The van der Waals surface area contributed by atoms with E-state index in [-0.39, 0.29) is 17.1 Å². The number of phosphoric acid groups is 1. The van der Waals surface area contributed by atoms with Gasteiger partial charge in [0.1, 0.15) is 36.6 Å². The van der Waals surface area contributed by atoms with Crippen LogP contribution in [0, 0.1) is 0 Å². The Morgan fingerprint density at radius 3 is 2.55 bits per heavy atom. The van der Waals surface area contributed by atoms with Gasteiger partial charge in [-0.1, -0.05) is 0 Å². The van der Waals surface area contributed by atoms with Crippen molar-refractivity contribution in [1.29, 1.82) is 0 Å². The molecule has 20 nitrogen and oxygen atoms in total. The van der Waals surface area contributed by atoms with Crippen molar-refractivity contribution in [2.45, 2.75) is 49.1 Å². The van der Waals surface area contributed by atoms with Crippen molar-refractivity contribution in [1.82, 2.24) is 29.1 Å². The minimum atomic E-state index is -5.06. The first kappa shape index (κ1) is 28.2. The maximum absolute atomic E-state index is 12.7. The number of phosphoric ester groups is 1. The summed E-state index contributed by atoms with van der Waals surface area (Å²) < 4.78 is 35.6. The van der Waals surface area contributed by atoms with Gasteiger partial charge in [-0.15, -0.1) is 0 Å². The highest BCUT2D eigenvalue weighted by atomic mass is 31.2. The monoisotopic (exact) mass is 591 g/mol. The largest absolute Gasteiger partial charge is 0.472 e. The highest BCUT2D eigenvalue weighted by molar-refractivity contribution is 7.47. The highest BCUT2D eigenvalue weighted by Gasteiger charge is 2.50. The van der Waals surface area contributed by atoms with Crippen molar-refractivity contribution >= 4 is 24.9 Å². The van der Waals surface area contributed by atoms with Crippen LogP contribution in [0.25, 0.3) is 11.2 Å². The van der Waals surface area contributed by atoms with Gasteiger partial charge >= 0.3 is 13.5 Å². The predicted molar refractivity (Wildman–Crippen MR) is 127 cm³/mol. The molecule has 9 N–H and O–H groups in total. The molecule has 9 atom stereocenters. The predicted octanol–water partition coefficient (Wildman–Crippen LogP) is -4.38. The van der Waals surface area contributed by atoms with Crippen LogP contribution < -0.4 is 22.5 Å². The molecule has 0 bridgehead atoms. The number of aromatic nitrogens is 6. The van der Waals surface area contributed by atoms with Gasteiger partial charge in [-0.2, -0.15) is 4.98 Å². The third-order valence-corrected chi connectivity index (χ3v) is 7.32. The fraction of sp³-hybridized carbons (Fsp3) is 0.526. The zero-order valence-electron chi connectivity index (χ0n) is 20.1. The molecular weight excluding hydrogens is 567 g/mol. The normalized spacial score (nSPS) is 32.0. The maximum Gasteiger partial charge on any atom is 0.472 e. The van der Waals surface area contributed by atoms with Crippen LogP contribution in [-0.2, 0) is 23.1 Å². The van der Waals surface area contributed by atoms with Gasteiger partial charge in [-0.05, 0) is 0 Å². The Balaban J connectivity index is 1.27. The second kappa shape index (κ2) is 10.6. The van der Waals surface area contributed by atoms with Gasteiger partial charge in [-0.3, -0.25) is 37.7 Å². The Morgan fingerprint density at radius 2 is 1.85 bits per heavy atom. The van der Waals surface area contributed by atoms with Crippen LogP contribution in [0.2, 0.25) is 0 Å². The van der Waals surface area contributed by atoms with Crippen molar-refractivity contribution in [3.63, 3.8) is 0 Å². The van der Waals surface area contributed by atoms with Crippen molar-refractivity contribution in [2.75, 3.05) is 18.9 Å². The molecular formula is C19H24N7O13P. The van der Waals surface area contributed by atoms with Crippen LogP contribution in [0.4, 0.5) is 5.95 Å². The van der Waals surface area contributed by atoms with Crippen LogP contribution >= 0.6 is 7.82 Å². The molecule has 218 valence electrons. The highest BCUT2D eigenvalue weighted by Crippen LogP contribution is 2.49. The number of anilines is 1. The summed E-state index contributed by atoms with van der Waals surface area (Å²) in [6.07, 6.45) is -10.2. The molecule has 0 radical (unpaired) electrons. The summed E-state index contributed by atoms with van der Waals surface area (Å²) in [4.78, 5) is 57.8. The van der Waals surface area contributed by atoms with E-state index in [4.69, 9.17) is 24.3 Å². The minimum Gasteiger partial charge on any atom is -0.394 e. The first-order valence-electron chi connectivity index (χ1n) is 11.6. The molecule has 5 heterocycles. The molecule has 5 rings (SSSR count). The summed E-state index contributed by atoms with van der Waals surface area (Å²) in [7, 11) is -5.06. The van der Waals surface area contributed by atoms with Crippen LogP contribution in [0.3, 0.4) is 0 Å². The molecule has 3 aromatic rings. The van der Waals surface area contributed by atoms with E-state index in [0.29, 0.717) is 0 Å². The summed E-state index contributed by atoms with van der Waals surface area (Å²) >= 11 is 0. The number of rotatable bonds is 8. The maximum atomic E-state index is 12.7. The Morgan fingerprint density at radius 1 is 1.12 bits per heavy atom. The number of ether oxygens (including phenoxy) is 2. The van der Waals surface area contributed by atoms with E-state index in [2.05, 4.69) is 15.0 Å². The summed E-state index contributed by atoms with van der Waals surface area (Å²) in [5.74, 6) is -0.238. The van der Waals surface area contributed by atoms with Crippen LogP contribution in [-0.4, -0.2) is 104 Å². The molecule has 0 saturated carbocycles. The molecule has 1 unspecified atom stereocenters. The third-order valence-electron chi connectivity index (χ3n) is 6.33. The summed E-state index contributed by atoms with van der Waals surface area (Å²) in [5.41, 5.74) is 3.06. The molecule has 2 aliphatic rings. The third kappa shape index (κ3) is 5.12. The lowest BCUT2D eigenvalue weighted by Crippen LogP contribution is -2.39. The Hall–Kier alpha value is -3.30. The van der Waals surface area contributed by atoms with E-state index in [0.717, 1.165) is 27.7 Å². The van der Waals surface area contributed by atoms with E-state index in [9.17, 15) is 44.3 Å². The molecule has 0 spiro atoms. The number of aromatic amines is 2. The molecule has 21 heteroatoms. The molecule has 2 saturated heterocycles. The molecule has 2 aliphatic heterocycles. The molecule has 0 aliphatic carbocycles. The van der Waals surface area contributed by atoms with E-state index >= 15 is 0 Å². The van der Waals surface area contributed by atoms with E-state index in [1.54, 1.807) is 0 Å². The number of nitrogen functional groups attached to an aromatic ring is 1. The van der Waals surface area contributed by atoms with Gasteiger partial charge in [0.15, 0.2) is 23.6 Å². The van der Waals surface area contributed by atoms with Crippen molar-refractivity contribution in [3.05, 3.63) is 49.8 Å². The van der Waals surface area contributed by atoms with Gasteiger partial charge in [0, 0.05) is 12.3 Å². The Labute approximate surface area is 220 Å². The number of nitrogens with one attached hydrogen (secondary N) is 2. The molecule has 2 fully saturated rings. The molecule has 0 amide bonds. The van der Waals surface area contributed by atoms with Crippen LogP contribution in [0.15, 0.2) is 33.0 Å². The Kier molecular flexibility index (Phi) is 7.48. The van der Waals surface area contributed by atoms with Gasteiger partial charge in [0.25, 0.3) is 11.1 Å². The first-order valence-corrected chi connectivity index (χ1v) is 13.0. The van der Waals surface area contributed by atoms with Gasteiger partial charge in [0.05, 0.1) is 19.5 Å². The average Bonchev–Trinajstić information content (AvgIpc) is 3.53. The number of hydrogen-bond donors (Lipinski definition) is 8. The number of aliphatic hydroxyl groups is 4. The lowest BCUT2D eigenvalue weighted by Gasteiger charge is -2.23. The number of nitrogens with two attached hydrogens (primary N) is 1. The van der Waals surface area contributed by atoms with Crippen LogP contribution in [0.1, 0.15) is 12.5 Å². The number of H-pyrrole nitrogens is 2. The van der Waals surface area contributed by atoms with Gasteiger partial charge in [0.2, 0.25) is 5.95 Å². The Bertz CT molecular complexity index is 1620. The number of fused-ring (bicyclic) bond motifs is 1. The lowest BCUT2D eigenvalue weighted by molar-refractivity contribution is -0.0594. The zero-order valence-corrected chi connectivity index (χ0v) is 21.0. The minimum absolute atomic E-state index is 0.0587. The number of imidazole rings is 1. The number of hydrogen-bond acceptors (Lipinski definition) is 15. The second-order valence-corrected chi connectivity index (χ2v) is 10.3. The van der Waals surface area contributed by atoms with Gasteiger partial charge < -0.3 is 40.5 Å². The van der Waals surface area contributed by atoms with Crippen molar-refractivity contribution in [3.8, 4) is 0 Å². The van der Waals surface area contributed by atoms with E-state index in [1.165, 1.54) is 0 Å². The molecule has 40 heavy (non-hydrogen) atoms. The SMILES string of the molecule is Nc1nc2c(ncn2[C@@H]2O[C@H](COP(=O)(O)O[C@H]3[C@@H]([18OH])[C@H](n4ccc(=O)[nH]c4=O)O[C@@H]3CO)[C@@H](O)[C@H]2O)c(=O)[nH]1. The smallest absolute Gasteiger partial charge is 0.394 e. The van der Waals surface area contributed by atoms with E-state index in [1.807, 2.05) is 4.98 Å². The van der Waals surface area contributed by atoms with Crippen molar-refractivity contribution < 1.29 is 48.4 Å². The number of nitrogens with zero attached hydrogens (tertiary/aromatic N) is 4. The quantitative estimate of drug-likeness (QED) is 0.0906. The zero-order chi connectivity index (χ0) is 28.9. The second-order valence-electron chi connectivity index (χ2n) is 8.91. The lowest BCUT2D eigenvalue weighted by atomic mass is 10.1. The summed E-state index contributed by atoms with van der Waals surface area (Å²) in [6, 6.07) is 0.976. The molecule has 3 aromatic heterocycles. The first-order chi connectivity index (χ1) is 18.9. The fourth-order valence-corrected chi connectivity index (χ4v) is 5.40. The summed E-state index contributed by atoms with van der Waals surface area (Å²) in [6.45, 7) is -1.60. The summed E-state index contributed by atoms with van der Waals surface area (Å²) in [5, 5.41) is 41.2. The van der Waals surface area contributed by atoms with Crippen LogP contribution in [0.5, 0.6) is 0 Å². The topological polar surface area (TPSA) is 300 Å².